The van der Waals surface area contributed by atoms with Crippen molar-refractivity contribution in [1.29, 1.82) is 0 Å². The third-order valence-electron chi connectivity index (χ3n) is 2.31. The number of hydrogen-bond donors (Lipinski definition) is 2. The molecule has 0 aliphatic carbocycles. The van der Waals surface area contributed by atoms with Crippen LogP contribution in [0.15, 0.2) is 24.3 Å². The molecule has 0 saturated carbocycles. The largest absolute Gasteiger partial charge is 0.491 e. The van der Waals surface area contributed by atoms with Gasteiger partial charge in [0.2, 0.25) is 5.91 Å². The fraction of sp³-hybridized carbons (Fsp3) is 0.462. The average molecular weight is 254 g/mol. The second-order valence-electron chi connectivity index (χ2n) is 4.09. The van der Waals surface area contributed by atoms with Gasteiger partial charge in [-0.25, -0.2) is 4.39 Å². The highest BCUT2D eigenvalue weighted by Crippen LogP contribution is 2.11. The van der Waals surface area contributed by atoms with Crippen LogP contribution < -0.4 is 15.4 Å². The first-order chi connectivity index (χ1) is 8.61. The molecule has 0 saturated heterocycles. The average Bonchev–Trinajstić information content (AvgIpc) is 2.34. The molecular weight excluding hydrogens is 235 g/mol. The van der Waals surface area contributed by atoms with Crippen molar-refractivity contribution in [3.8, 4) is 5.75 Å². The van der Waals surface area contributed by atoms with E-state index in [1.807, 2.05) is 6.92 Å². The van der Waals surface area contributed by atoms with E-state index in [0.717, 1.165) is 0 Å². The van der Waals surface area contributed by atoms with Crippen LogP contribution in [0.2, 0.25) is 0 Å². The summed E-state index contributed by atoms with van der Waals surface area (Å²) < 4.78 is 18.3. The summed E-state index contributed by atoms with van der Waals surface area (Å²) in [6, 6.07) is 5.82. The molecular formula is C13H19FN2O2. The minimum absolute atomic E-state index is 0.0281. The van der Waals surface area contributed by atoms with E-state index in [4.69, 9.17) is 4.74 Å². The third kappa shape index (κ3) is 5.63. The van der Waals surface area contributed by atoms with E-state index in [1.165, 1.54) is 12.1 Å². The molecule has 0 heterocycles. The third-order valence-corrected chi connectivity index (χ3v) is 2.31. The standard InChI is InChI=1S/C13H19FN2O2/c1-10(16-13(17)6-7-15-2)9-18-12-5-3-4-11(14)8-12/h3-5,8,10,15H,6-7,9H2,1-2H3,(H,16,17). The number of carbonyl (C=O) groups is 1. The number of carbonyl (C=O) groups excluding carboxylic acids is 1. The van der Waals surface area contributed by atoms with Crippen LogP contribution in [0.4, 0.5) is 4.39 Å². The van der Waals surface area contributed by atoms with Crippen molar-refractivity contribution in [3.63, 3.8) is 0 Å². The van der Waals surface area contributed by atoms with Gasteiger partial charge in [-0.15, -0.1) is 0 Å². The molecule has 0 bridgehead atoms. The smallest absolute Gasteiger partial charge is 0.221 e. The molecule has 4 nitrogen and oxygen atoms in total. The van der Waals surface area contributed by atoms with Crippen molar-refractivity contribution in [2.75, 3.05) is 20.2 Å². The van der Waals surface area contributed by atoms with Crippen LogP contribution in [-0.2, 0) is 4.79 Å². The molecule has 1 atom stereocenters. The zero-order valence-electron chi connectivity index (χ0n) is 10.7. The maximum atomic E-state index is 12.9. The quantitative estimate of drug-likeness (QED) is 0.771. The first-order valence-corrected chi connectivity index (χ1v) is 5.94. The molecule has 0 aliphatic heterocycles. The molecule has 1 aromatic rings. The summed E-state index contributed by atoms with van der Waals surface area (Å²) in [6.45, 7) is 2.80. The summed E-state index contributed by atoms with van der Waals surface area (Å²) in [6.07, 6.45) is 0.431. The van der Waals surface area contributed by atoms with Crippen LogP contribution in [0.1, 0.15) is 13.3 Å². The molecule has 100 valence electrons. The predicted octanol–water partition coefficient (Wildman–Crippen LogP) is 1.32. The Hall–Kier alpha value is -1.62. The number of benzene rings is 1. The van der Waals surface area contributed by atoms with Crippen LogP contribution >= 0.6 is 0 Å². The Morgan fingerprint density at radius 2 is 2.28 bits per heavy atom. The van der Waals surface area contributed by atoms with Gasteiger partial charge in [-0.1, -0.05) is 6.07 Å². The van der Waals surface area contributed by atoms with Crippen molar-refractivity contribution in [2.24, 2.45) is 0 Å². The number of amides is 1. The van der Waals surface area contributed by atoms with Gasteiger partial charge in [0.05, 0.1) is 6.04 Å². The number of ether oxygens (including phenoxy) is 1. The highest BCUT2D eigenvalue weighted by Gasteiger charge is 2.07. The molecule has 0 aromatic heterocycles. The number of halogens is 1. The van der Waals surface area contributed by atoms with Gasteiger partial charge in [0.15, 0.2) is 0 Å². The topological polar surface area (TPSA) is 50.4 Å². The predicted molar refractivity (Wildman–Crippen MR) is 68.0 cm³/mol. The second-order valence-corrected chi connectivity index (χ2v) is 4.09. The van der Waals surface area contributed by atoms with Crippen molar-refractivity contribution in [1.82, 2.24) is 10.6 Å². The van der Waals surface area contributed by atoms with Crippen molar-refractivity contribution in [3.05, 3.63) is 30.1 Å². The fourth-order valence-corrected chi connectivity index (χ4v) is 1.41. The van der Waals surface area contributed by atoms with Crippen LogP contribution in [0, 0.1) is 5.82 Å². The van der Waals surface area contributed by atoms with Gasteiger partial charge >= 0.3 is 0 Å². The molecule has 1 aromatic carbocycles. The Labute approximate surface area is 107 Å². The van der Waals surface area contributed by atoms with Gasteiger partial charge in [0.1, 0.15) is 18.2 Å². The van der Waals surface area contributed by atoms with Crippen molar-refractivity contribution < 1.29 is 13.9 Å². The highest BCUT2D eigenvalue weighted by molar-refractivity contribution is 5.76. The highest BCUT2D eigenvalue weighted by atomic mass is 19.1. The van der Waals surface area contributed by atoms with Gasteiger partial charge in [0, 0.05) is 19.0 Å². The monoisotopic (exact) mass is 254 g/mol. The van der Waals surface area contributed by atoms with E-state index in [1.54, 1.807) is 19.2 Å². The van der Waals surface area contributed by atoms with E-state index in [-0.39, 0.29) is 17.8 Å². The van der Waals surface area contributed by atoms with Crippen molar-refractivity contribution >= 4 is 5.91 Å². The molecule has 0 radical (unpaired) electrons. The minimum atomic E-state index is -0.335. The van der Waals surface area contributed by atoms with E-state index in [0.29, 0.717) is 25.3 Å². The summed E-state index contributed by atoms with van der Waals surface area (Å²) >= 11 is 0. The maximum Gasteiger partial charge on any atom is 0.221 e. The summed E-state index contributed by atoms with van der Waals surface area (Å²) in [5.41, 5.74) is 0. The SMILES string of the molecule is CNCCC(=O)NC(C)COc1cccc(F)c1. The van der Waals surface area contributed by atoms with Crippen LogP contribution in [0.3, 0.4) is 0 Å². The van der Waals surface area contributed by atoms with Gasteiger partial charge in [-0.3, -0.25) is 4.79 Å². The Morgan fingerprint density at radius 3 is 2.94 bits per heavy atom. The molecule has 18 heavy (non-hydrogen) atoms. The van der Waals surface area contributed by atoms with E-state index in [2.05, 4.69) is 10.6 Å². The van der Waals surface area contributed by atoms with Crippen molar-refractivity contribution in [2.45, 2.75) is 19.4 Å². The van der Waals surface area contributed by atoms with Crippen LogP contribution in [0.5, 0.6) is 5.75 Å². The zero-order valence-corrected chi connectivity index (χ0v) is 10.7. The molecule has 0 spiro atoms. The van der Waals surface area contributed by atoms with Gasteiger partial charge in [0.25, 0.3) is 0 Å². The van der Waals surface area contributed by atoms with Gasteiger partial charge in [-0.2, -0.15) is 0 Å². The zero-order chi connectivity index (χ0) is 13.4. The van der Waals surface area contributed by atoms with E-state index >= 15 is 0 Å². The molecule has 0 fully saturated rings. The summed E-state index contributed by atoms with van der Waals surface area (Å²) in [4.78, 5) is 11.4. The molecule has 5 heteroatoms. The lowest BCUT2D eigenvalue weighted by atomic mass is 10.3. The van der Waals surface area contributed by atoms with E-state index in [9.17, 15) is 9.18 Å². The summed E-state index contributed by atoms with van der Waals surface area (Å²) in [5, 5.41) is 5.70. The Kier molecular flexibility index (Phi) is 6.14. The van der Waals surface area contributed by atoms with Crippen LogP contribution in [0.25, 0.3) is 0 Å². The van der Waals surface area contributed by atoms with Gasteiger partial charge < -0.3 is 15.4 Å². The second kappa shape index (κ2) is 7.66. The first kappa shape index (κ1) is 14.4. The lowest BCUT2D eigenvalue weighted by Crippen LogP contribution is -2.37. The fourth-order valence-electron chi connectivity index (χ4n) is 1.41. The molecule has 0 aliphatic rings. The Morgan fingerprint density at radius 1 is 1.50 bits per heavy atom. The lowest BCUT2D eigenvalue weighted by Gasteiger charge is -2.15. The summed E-state index contributed by atoms with van der Waals surface area (Å²) in [5.74, 6) is 0.101. The Bertz CT molecular complexity index is 385. The minimum Gasteiger partial charge on any atom is -0.491 e. The number of nitrogens with one attached hydrogen (secondary N) is 2. The van der Waals surface area contributed by atoms with E-state index < -0.39 is 0 Å². The lowest BCUT2D eigenvalue weighted by molar-refractivity contribution is -0.121. The van der Waals surface area contributed by atoms with Crippen LogP contribution in [-0.4, -0.2) is 32.1 Å². The summed E-state index contributed by atoms with van der Waals surface area (Å²) in [7, 11) is 1.80. The maximum absolute atomic E-state index is 12.9. The molecule has 1 rings (SSSR count). The molecule has 2 N–H and O–H groups in total. The molecule has 1 unspecified atom stereocenters. The normalized spacial score (nSPS) is 11.9. The molecule has 1 amide bonds. The first-order valence-electron chi connectivity index (χ1n) is 5.94. The number of rotatable bonds is 7. The van der Waals surface area contributed by atoms with Gasteiger partial charge in [-0.05, 0) is 26.1 Å². The number of hydrogen-bond acceptors (Lipinski definition) is 3. The Balaban J connectivity index is 2.28.